The summed E-state index contributed by atoms with van der Waals surface area (Å²) < 4.78 is 29.9. The molecule has 0 amide bonds. The second-order valence-electron chi connectivity index (χ2n) is 7.98. The molecule has 0 bridgehead atoms. The van der Waals surface area contributed by atoms with Crippen LogP contribution in [0.25, 0.3) is 0 Å². The maximum Gasteiger partial charge on any atom is 0.246 e. The molecule has 2 aromatic rings. The minimum Gasteiger partial charge on any atom is -0.304 e. The summed E-state index contributed by atoms with van der Waals surface area (Å²) in [7, 11) is -1.53. The Morgan fingerprint density at radius 3 is 2.23 bits per heavy atom. The van der Waals surface area contributed by atoms with Crippen LogP contribution in [0.2, 0.25) is 0 Å². The van der Waals surface area contributed by atoms with Crippen molar-refractivity contribution < 1.29 is 8.42 Å². The van der Waals surface area contributed by atoms with Gasteiger partial charge >= 0.3 is 0 Å². The van der Waals surface area contributed by atoms with E-state index in [0.717, 1.165) is 18.7 Å². The molecule has 0 unspecified atom stereocenters. The Hall–Kier alpha value is -1.70. The summed E-state index contributed by atoms with van der Waals surface area (Å²) in [5.41, 5.74) is 1.38. The summed E-state index contributed by atoms with van der Waals surface area (Å²) in [5, 5.41) is 4.65. The second-order valence-corrected chi connectivity index (χ2v) is 9.89. The molecule has 6 nitrogen and oxygen atoms in total. The van der Waals surface area contributed by atoms with Crippen LogP contribution in [0, 0.1) is 0 Å². The van der Waals surface area contributed by atoms with E-state index in [-0.39, 0.29) is 5.41 Å². The van der Waals surface area contributed by atoms with Crippen molar-refractivity contribution in [2.24, 2.45) is 0 Å². The summed E-state index contributed by atoms with van der Waals surface area (Å²) in [4.78, 5) is 2.49. The highest BCUT2D eigenvalue weighted by Gasteiger charge is 2.35. The lowest BCUT2D eigenvalue weighted by atomic mass is 9.92. The number of hydrogen-bond donors (Lipinski definition) is 0. The van der Waals surface area contributed by atoms with Gasteiger partial charge in [0.25, 0.3) is 0 Å². The largest absolute Gasteiger partial charge is 0.304 e. The van der Waals surface area contributed by atoms with E-state index in [4.69, 9.17) is 0 Å². The first-order valence-electron chi connectivity index (χ1n) is 8.98. The minimum atomic E-state index is -3.55. The molecule has 1 saturated heterocycles. The Bertz CT molecular complexity index is 845. The molecule has 2 heterocycles. The number of likely N-dealkylation sites (N-methyl/N-ethyl adjacent to an activating group) is 1. The first-order valence-corrected chi connectivity index (χ1v) is 10.4. The molecule has 1 aliphatic heterocycles. The molecule has 0 radical (unpaired) electrons. The average Bonchev–Trinajstić information content (AvgIpc) is 3.01. The van der Waals surface area contributed by atoms with E-state index in [1.54, 1.807) is 15.2 Å². The Kier molecular flexibility index (Phi) is 5.23. The van der Waals surface area contributed by atoms with Crippen molar-refractivity contribution in [3.63, 3.8) is 0 Å². The number of rotatable bonds is 4. The maximum absolute atomic E-state index is 13.3. The van der Waals surface area contributed by atoms with Gasteiger partial charge in [-0.05, 0) is 12.6 Å². The van der Waals surface area contributed by atoms with Gasteiger partial charge in [0.05, 0.1) is 12.2 Å². The van der Waals surface area contributed by atoms with Gasteiger partial charge in [0.1, 0.15) is 4.90 Å². The van der Waals surface area contributed by atoms with Crippen molar-refractivity contribution in [3.05, 3.63) is 47.8 Å². The van der Waals surface area contributed by atoms with Gasteiger partial charge in [0.2, 0.25) is 10.0 Å². The highest BCUT2D eigenvalue weighted by molar-refractivity contribution is 7.89. The second kappa shape index (κ2) is 7.13. The van der Waals surface area contributed by atoms with E-state index in [1.165, 1.54) is 0 Å². The smallest absolute Gasteiger partial charge is 0.246 e. The number of benzene rings is 1. The van der Waals surface area contributed by atoms with Gasteiger partial charge in [-0.15, -0.1) is 0 Å². The molecule has 0 aliphatic carbocycles. The molecule has 1 aliphatic rings. The molecule has 1 fully saturated rings. The van der Waals surface area contributed by atoms with Crippen molar-refractivity contribution >= 4 is 10.0 Å². The fourth-order valence-corrected chi connectivity index (χ4v) is 4.90. The Morgan fingerprint density at radius 1 is 1.04 bits per heavy atom. The summed E-state index contributed by atoms with van der Waals surface area (Å²) >= 11 is 0. The average molecular weight is 377 g/mol. The zero-order valence-electron chi connectivity index (χ0n) is 16.0. The third-order valence-corrected chi connectivity index (χ3v) is 6.61. The number of piperazine rings is 1. The van der Waals surface area contributed by atoms with Crippen LogP contribution in [-0.4, -0.2) is 60.6 Å². The lowest BCUT2D eigenvalue weighted by Crippen LogP contribution is -2.47. The molecular weight excluding hydrogens is 348 g/mol. The Morgan fingerprint density at radius 2 is 1.65 bits per heavy atom. The number of aromatic nitrogens is 2. The normalized spacial score (nSPS) is 17.5. The molecule has 1 aromatic carbocycles. The lowest BCUT2D eigenvalue weighted by Gasteiger charge is -2.32. The van der Waals surface area contributed by atoms with E-state index in [0.29, 0.717) is 30.2 Å². The Balaban J connectivity index is 1.97. The molecular formula is C19H28N4O2S. The van der Waals surface area contributed by atoms with Crippen molar-refractivity contribution in [3.8, 4) is 0 Å². The van der Waals surface area contributed by atoms with Crippen molar-refractivity contribution in [2.75, 3.05) is 33.2 Å². The highest BCUT2D eigenvalue weighted by Crippen LogP contribution is 2.30. The zero-order chi connectivity index (χ0) is 18.9. The van der Waals surface area contributed by atoms with Crippen LogP contribution in [0.3, 0.4) is 0 Å². The van der Waals surface area contributed by atoms with Gasteiger partial charge in [0, 0.05) is 37.8 Å². The number of nitrogens with zero attached hydrogens (tertiary/aromatic N) is 4. The van der Waals surface area contributed by atoms with Crippen LogP contribution in [0.5, 0.6) is 0 Å². The maximum atomic E-state index is 13.3. The van der Waals surface area contributed by atoms with E-state index in [9.17, 15) is 8.42 Å². The van der Waals surface area contributed by atoms with Gasteiger partial charge in [-0.1, -0.05) is 51.1 Å². The summed E-state index contributed by atoms with van der Waals surface area (Å²) in [5.74, 6) is 0. The van der Waals surface area contributed by atoms with Gasteiger partial charge < -0.3 is 4.90 Å². The fraction of sp³-hybridized carbons (Fsp3) is 0.526. The molecule has 0 saturated carbocycles. The third kappa shape index (κ3) is 4.00. The minimum absolute atomic E-state index is 0.338. The standard InChI is InChI=1S/C19H28N4O2S/c1-19(2,3)18-17(26(24,25)23-12-10-21(4)11-13-23)15-22(20-18)14-16-8-6-5-7-9-16/h5-9,15H,10-14H2,1-4H3. The van der Waals surface area contributed by atoms with Crippen LogP contribution < -0.4 is 0 Å². The molecule has 3 rings (SSSR count). The first kappa shape index (κ1) is 19.1. The predicted molar refractivity (Wildman–Crippen MR) is 103 cm³/mol. The van der Waals surface area contributed by atoms with Gasteiger partial charge in [-0.2, -0.15) is 9.40 Å². The van der Waals surface area contributed by atoms with Crippen LogP contribution >= 0.6 is 0 Å². The van der Waals surface area contributed by atoms with Gasteiger partial charge in [-0.25, -0.2) is 8.42 Å². The molecule has 26 heavy (non-hydrogen) atoms. The van der Waals surface area contributed by atoms with E-state index in [1.807, 2.05) is 58.2 Å². The van der Waals surface area contributed by atoms with E-state index < -0.39 is 10.0 Å². The zero-order valence-corrected chi connectivity index (χ0v) is 16.8. The van der Waals surface area contributed by atoms with Gasteiger partial charge in [0.15, 0.2) is 0 Å². The van der Waals surface area contributed by atoms with E-state index in [2.05, 4.69) is 10.00 Å². The number of sulfonamides is 1. The topological polar surface area (TPSA) is 58.4 Å². The van der Waals surface area contributed by atoms with Gasteiger partial charge in [-0.3, -0.25) is 4.68 Å². The van der Waals surface area contributed by atoms with Crippen LogP contribution in [0.15, 0.2) is 41.4 Å². The van der Waals surface area contributed by atoms with Crippen LogP contribution in [0.1, 0.15) is 32.0 Å². The van der Waals surface area contributed by atoms with Crippen LogP contribution in [0.4, 0.5) is 0 Å². The summed E-state index contributed by atoms with van der Waals surface area (Å²) in [6.45, 7) is 9.12. The molecule has 0 atom stereocenters. The summed E-state index contributed by atoms with van der Waals surface area (Å²) in [6, 6.07) is 9.97. The number of hydrogen-bond acceptors (Lipinski definition) is 4. The van der Waals surface area contributed by atoms with Crippen molar-refractivity contribution in [1.82, 2.24) is 19.0 Å². The van der Waals surface area contributed by atoms with Crippen molar-refractivity contribution in [1.29, 1.82) is 0 Å². The third-order valence-electron chi connectivity index (χ3n) is 4.71. The highest BCUT2D eigenvalue weighted by atomic mass is 32.2. The lowest BCUT2D eigenvalue weighted by molar-refractivity contribution is 0.222. The molecule has 7 heteroatoms. The molecule has 0 spiro atoms. The SMILES string of the molecule is CN1CCN(S(=O)(=O)c2cn(Cc3ccccc3)nc2C(C)(C)C)CC1. The first-order chi connectivity index (χ1) is 12.2. The van der Waals surface area contributed by atoms with Crippen LogP contribution in [-0.2, 0) is 22.0 Å². The van der Waals surface area contributed by atoms with E-state index >= 15 is 0 Å². The fourth-order valence-electron chi connectivity index (χ4n) is 3.13. The molecule has 142 valence electrons. The summed E-state index contributed by atoms with van der Waals surface area (Å²) in [6.07, 6.45) is 1.70. The molecule has 1 aromatic heterocycles. The molecule has 0 N–H and O–H groups in total. The predicted octanol–water partition coefficient (Wildman–Crippen LogP) is 2.16. The monoisotopic (exact) mass is 376 g/mol. The Labute approximate surface area is 156 Å². The van der Waals surface area contributed by atoms with Crippen molar-refractivity contribution in [2.45, 2.75) is 37.6 Å². The quantitative estimate of drug-likeness (QED) is 0.821.